The molecule has 2 unspecified atom stereocenters. The Hall–Kier alpha value is -0.0800. The van der Waals surface area contributed by atoms with Crippen LogP contribution in [0.5, 0.6) is 0 Å². The summed E-state index contributed by atoms with van der Waals surface area (Å²) in [4.78, 5) is 2.81. The second kappa shape index (κ2) is 7.08. The normalized spacial score (nSPS) is 26.4. The Morgan fingerprint density at radius 3 is 2.16 bits per heavy atom. The highest BCUT2D eigenvalue weighted by Gasteiger charge is 2.36. The highest BCUT2D eigenvalue weighted by Crippen LogP contribution is 2.28. The van der Waals surface area contributed by atoms with E-state index in [-0.39, 0.29) is 0 Å². The van der Waals surface area contributed by atoms with Gasteiger partial charge in [0.2, 0.25) is 0 Å². The lowest BCUT2D eigenvalue weighted by molar-refractivity contribution is 0.0371. The summed E-state index contributed by atoms with van der Waals surface area (Å²) in [6, 6.07) is 2.11. The molecule has 1 rings (SSSR count). The van der Waals surface area contributed by atoms with Gasteiger partial charge in [-0.05, 0) is 30.6 Å². The molecule has 0 aliphatic carbocycles. The summed E-state index contributed by atoms with van der Waals surface area (Å²) >= 11 is 0. The van der Waals surface area contributed by atoms with Crippen LogP contribution in [0.15, 0.2) is 0 Å². The zero-order valence-corrected chi connectivity index (χ0v) is 14.3. The van der Waals surface area contributed by atoms with Gasteiger partial charge in [0.25, 0.3) is 0 Å². The second-order valence-electron chi connectivity index (χ2n) is 7.78. The first-order chi connectivity index (χ1) is 8.79. The van der Waals surface area contributed by atoms with Crippen molar-refractivity contribution in [2.45, 2.75) is 85.9 Å². The quantitative estimate of drug-likeness (QED) is 0.813. The van der Waals surface area contributed by atoms with Crippen molar-refractivity contribution in [3.63, 3.8) is 0 Å². The third-order valence-corrected chi connectivity index (χ3v) is 4.66. The standard InChI is InChI=1S/C17H36N2/c1-8-14(9-2)19-12-16(17(5,6)7)18-11-15(19)10-13(3)4/h13-16,18H,8-12H2,1-7H3. The lowest BCUT2D eigenvalue weighted by atomic mass is 9.83. The van der Waals surface area contributed by atoms with E-state index >= 15 is 0 Å². The monoisotopic (exact) mass is 268 g/mol. The molecule has 0 aromatic rings. The first-order valence-corrected chi connectivity index (χ1v) is 8.28. The van der Waals surface area contributed by atoms with Crippen molar-refractivity contribution in [3.8, 4) is 0 Å². The summed E-state index contributed by atoms with van der Waals surface area (Å²) in [5, 5.41) is 3.81. The van der Waals surface area contributed by atoms with E-state index < -0.39 is 0 Å². The molecular formula is C17H36N2. The van der Waals surface area contributed by atoms with E-state index in [0.29, 0.717) is 11.5 Å². The topological polar surface area (TPSA) is 15.3 Å². The summed E-state index contributed by atoms with van der Waals surface area (Å²) in [5.41, 5.74) is 0.354. The van der Waals surface area contributed by atoms with Crippen LogP contribution in [0, 0.1) is 11.3 Å². The average Bonchev–Trinajstić information content (AvgIpc) is 2.30. The minimum Gasteiger partial charge on any atom is -0.311 e. The van der Waals surface area contributed by atoms with E-state index in [9.17, 15) is 0 Å². The van der Waals surface area contributed by atoms with Crippen molar-refractivity contribution in [1.29, 1.82) is 0 Å². The average molecular weight is 268 g/mol. The molecule has 19 heavy (non-hydrogen) atoms. The van der Waals surface area contributed by atoms with Crippen LogP contribution in [0.3, 0.4) is 0 Å². The van der Waals surface area contributed by atoms with E-state index in [0.717, 1.165) is 24.5 Å². The molecule has 1 heterocycles. The molecule has 1 aliphatic heterocycles. The van der Waals surface area contributed by atoms with Crippen LogP contribution in [0.4, 0.5) is 0 Å². The number of nitrogens with zero attached hydrogens (tertiary/aromatic N) is 1. The van der Waals surface area contributed by atoms with Crippen molar-refractivity contribution in [2.75, 3.05) is 13.1 Å². The highest BCUT2D eigenvalue weighted by molar-refractivity contribution is 4.94. The molecule has 2 heteroatoms. The Balaban J connectivity index is 2.79. The van der Waals surface area contributed by atoms with Gasteiger partial charge in [-0.25, -0.2) is 0 Å². The second-order valence-corrected chi connectivity index (χ2v) is 7.78. The molecule has 0 bridgehead atoms. The summed E-state index contributed by atoms with van der Waals surface area (Å²) < 4.78 is 0. The summed E-state index contributed by atoms with van der Waals surface area (Å²) in [5.74, 6) is 0.787. The molecule has 2 nitrogen and oxygen atoms in total. The van der Waals surface area contributed by atoms with Crippen molar-refractivity contribution < 1.29 is 0 Å². The Morgan fingerprint density at radius 2 is 1.74 bits per heavy atom. The maximum atomic E-state index is 3.81. The Morgan fingerprint density at radius 1 is 1.16 bits per heavy atom. The fourth-order valence-corrected chi connectivity index (χ4v) is 3.37. The zero-order valence-electron chi connectivity index (χ0n) is 14.3. The van der Waals surface area contributed by atoms with Gasteiger partial charge in [0, 0.05) is 31.2 Å². The van der Waals surface area contributed by atoms with E-state index in [2.05, 4.69) is 58.7 Å². The van der Waals surface area contributed by atoms with Gasteiger partial charge in [-0.3, -0.25) is 4.90 Å². The molecule has 1 saturated heterocycles. The van der Waals surface area contributed by atoms with Crippen LogP contribution in [-0.4, -0.2) is 36.1 Å². The predicted octanol–water partition coefficient (Wildman–Crippen LogP) is 3.91. The molecule has 114 valence electrons. The van der Waals surface area contributed by atoms with Crippen LogP contribution in [0.1, 0.15) is 67.7 Å². The molecule has 0 aromatic heterocycles. The van der Waals surface area contributed by atoms with Crippen LogP contribution in [0.25, 0.3) is 0 Å². The predicted molar refractivity (Wildman–Crippen MR) is 85.6 cm³/mol. The van der Waals surface area contributed by atoms with Gasteiger partial charge in [0.15, 0.2) is 0 Å². The summed E-state index contributed by atoms with van der Waals surface area (Å²) in [6.07, 6.45) is 3.88. The van der Waals surface area contributed by atoms with Gasteiger partial charge >= 0.3 is 0 Å². The van der Waals surface area contributed by atoms with Crippen LogP contribution in [-0.2, 0) is 0 Å². The molecular weight excluding hydrogens is 232 g/mol. The highest BCUT2D eigenvalue weighted by atomic mass is 15.3. The first kappa shape index (κ1) is 17.0. The van der Waals surface area contributed by atoms with Gasteiger partial charge in [-0.15, -0.1) is 0 Å². The van der Waals surface area contributed by atoms with Crippen LogP contribution >= 0.6 is 0 Å². The maximum absolute atomic E-state index is 3.81. The first-order valence-electron chi connectivity index (χ1n) is 8.28. The smallest absolute Gasteiger partial charge is 0.0244 e. The fourth-order valence-electron chi connectivity index (χ4n) is 3.37. The van der Waals surface area contributed by atoms with Gasteiger partial charge in [0.05, 0.1) is 0 Å². The van der Waals surface area contributed by atoms with E-state index in [4.69, 9.17) is 0 Å². The van der Waals surface area contributed by atoms with Crippen LogP contribution < -0.4 is 5.32 Å². The number of hydrogen-bond acceptors (Lipinski definition) is 2. The lowest BCUT2D eigenvalue weighted by Crippen LogP contribution is -2.62. The van der Waals surface area contributed by atoms with E-state index in [1.807, 2.05) is 0 Å². The Bertz CT molecular complexity index is 250. The lowest BCUT2D eigenvalue weighted by Gasteiger charge is -2.48. The largest absolute Gasteiger partial charge is 0.311 e. The van der Waals surface area contributed by atoms with Gasteiger partial charge in [-0.2, -0.15) is 0 Å². The molecule has 0 aromatic carbocycles. The minimum absolute atomic E-state index is 0.354. The van der Waals surface area contributed by atoms with Crippen molar-refractivity contribution in [3.05, 3.63) is 0 Å². The fraction of sp³-hybridized carbons (Fsp3) is 1.00. The zero-order chi connectivity index (χ0) is 14.6. The summed E-state index contributed by atoms with van der Waals surface area (Å²) in [6.45, 7) is 18.8. The number of nitrogens with one attached hydrogen (secondary N) is 1. The van der Waals surface area contributed by atoms with Crippen molar-refractivity contribution in [2.24, 2.45) is 11.3 Å². The van der Waals surface area contributed by atoms with Crippen molar-refractivity contribution >= 4 is 0 Å². The molecule has 0 saturated carbocycles. The molecule has 1 aliphatic rings. The van der Waals surface area contributed by atoms with E-state index in [1.165, 1.54) is 25.8 Å². The maximum Gasteiger partial charge on any atom is 0.0244 e. The third-order valence-electron chi connectivity index (χ3n) is 4.66. The van der Waals surface area contributed by atoms with Gasteiger partial charge < -0.3 is 5.32 Å². The molecule has 0 spiro atoms. The molecule has 1 fully saturated rings. The molecule has 1 N–H and O–H groups in total. The molecule has 0 radical (unpaired) electrons. The molecule has 0 amide bonds. The summed E-state index contributed by atoms with van der Waals surface area (Å²) in [7, 11) is 0. The van der Waals surface area contributed by atoms with Crippen molar-refractivity contribution in [1.82, 2.24) is 10.2 Å². The Kier molecular flexibility index (Phi) is 6.32. The van der Waals surface area contributed by atoms with Crippen LogP contribution in [0.2, 0.25) is 0 Å². The Labute approximate surface area is 121 Å². The number of hydrogen-bond donors (Lipinski definition) is 1. The number of rotatable bonds is 5. The van der Waals surface area contributed by atoms with E-state index in [1.54, 1.807) is 0 Å². The number of piperazine rings is 1. The van der Waals surface area contributed by atoms with Gasteiger partial charge in [0.1, 0.15) is 0 Å². The molecule has 2 atom stereocenters. The third kappa shape index (κ3) is 4.75. The van der Waals surface area contributed by atoms with Gasteiger partial charge in [-0.1, -0.05) is 48.5 Å². The SMILES string of the molecule is CCC(CC)N1CC(C(C)(C)C)NCC1CC(C)C. The minimum atomic E-state index is 0.354.